The minimum absolute atomic E-state index is 0.0797. The number of rotatable bonds is 2. The SMILES string of the molecule is Cc1cc(F)c(Nc2ncc(Br)cc2C)cc1F. The smallest absolute Gasteiger partial charge is 0.147 e. The van der Waals surface area contributed by atoms with Gasteiger partial charge in [-0.25, -0.2) is 13.8 Å². The topological polar surface area (TPSA) is 24.9 Å². The lowest BCUT2D eigenvalue weighted by atomic mass is 10.2. The van der Waals surface area contributed by atoms with Crippen LogP contribution in [0.5, 0.6) is 0 Å². The number of anilines is 2. The van der Waals surface area contributed by atoms with Crippen LogP contribution >= 0.6 is 15.9 Å². The number of hydrogen-bond donors (Lipinski definition) is 1. The molecule has 0 fully saturated rings. The summed E-state index contributed by atoms with van der Waals surface area (Å²) in [6, 6.07) is 4.14. The van der Waals surface area contributed by atoms with Gasteiger partial charge < -0.3 is 5.32 Å². The van der Waals surface area contributed by atoms with E-state index in [0.717, 1.165) is 22.2 Å². The Labute approximate surface area is 112 Å². The lowest BCUT2D eigenvalue weighted by molar-refractivity contribution is 0.595. The van der Waals surface area contributed by atoms with Crippen LogP contribution in [0.1, 0.15) is 11.1 Å². The number of pyridine rings is 1. The molecule has 0 unspecified atom stereocenters. The van der Waals surface area contributed by atoms with Crippen LogP contribution in [-0.4, -0.2) is 4.98 Å². The van der Waals surface area contributed by atoms with E-state index in [0.29, 0.717) is 5.82 Å². The highest BCUT2D eigenvalue weighted by atomic mass is 79.9. The minimum Gasteiger partial charge on any atom is -0.338 e. The Morgan fingerprint density at radius 3 is 2.44 bits per heavy atom. The van der Waals surface area contributed by atoms with E-state index in [1.165, 1.54) is 6.92 Å². The van der Waals surface area contributed by atoms with Crippen molar-refractivity contribution in [2.24, 2.45) is 0 Å². The molecule has 2 aromatic rings. The Bertz CT molecular complexity index is 600. The number of halogens is 3. The number of hydrogen-bond acceptors (Lipinski definition) is 2. The zero-order valence-electron chi connectivity index (χ0n) is 9.89. The van der Waals surface area contributed by atoms with Crippen molar-refractivity contribution in [1.29, 1.82) is 0 Å². The zero-order chi connectivity index (χ0) is 13.3. The Morgan fingerprint density at radius 2 is 1.78 bits per heavy atom. The molecule has 1 aromatic carbocycles. The van der Waals surface area contributed by atoms with Gasteiger partial charge in [0.25, 0.3) is 0 Å². The van der Waals surface area contributed by atoms with Gasteiger partial charge in [0.05, 0.1) is 5.69 Å². The lowest BCUT2D eigenvalue weighted by Crippen LogP contribution is -2.00. The van der Waals surface area contributed by atoms with E-state index in [9.17, 15) is 8.78 Å². The average Bonchev–Trinajstić information content (AvgIpc) is 2.29. The van der Waals surface area contributed by atoms with E-state index in [2.05, 4.69) is 26.2 Å². The molecule has 0 spiro atoms. The third kappa shape index (κ3) is 2.67. The average molecular weight is 313 g/mol. The van der Waals surface area contributed by atoms with Crippen molar-refractivity contribution in [2.75, 3.05) is 5.32 Å². The van der Waals surface area contributed by atoms with Crippen LogP contribution in [0, 0.1) is 25.5 Å². The molecule has 0 aliphatic heterocycles. The van der Waals surface area contributed by atoms with Crippen LogP contribution in [0.2, 0.25) is 0 Å². The number of nitrogens with one attached hydrogen (secondary N) is 1. The fraction of sp³-hybridized carbons (Fsp3) is 0.154. The van der Waals surface area contributed by atoms with Crippen molar-refractivity contribution in [3.05, 3.63) is 51.6 Å². The quantitative estimate of drug-likeness (QED) is 0.884. The third-order valence-corrected chi connectivity index (χ3v) is 2.98. The monoisotopic (exact) mass is 312 g/mol. The van der Waals surface area contributed by atoms with Crippen LogP contribution in [0.4, 0.5) is 20.3 Å². The summed E-state index contributed by atoms with van der Waals surface area (Å²) in [4.78, 5) is 4.12. The predicted octanol–water partition coefficient (Wildman–Crippen LogP) is 4.48. The van der Waals surface area contributed by atoms with E-state index in [1.54, 1.807) is 6.20 Å². The normalized spacial score (nSPS) is 10.5. The predicted molar refractivity (Wildman–Crippen MR) is 71.1 cm³/mol. The molecule has 0 aliphatic rings. The first kappa shape index (κ1) is 13.0. The second kappa shape index (κ2) is 5.02. The summed E-state index contributed by atoms with van der Waals surface area (Å²) in [5, 5.41) is 2.79. The molecule has 0 bridgehead atoms. The minimum atomic E-state index is -0.502. The number of nitrogens with zero attached hydrogens (tertiary/aromatic N) is 1. The maximum atomic E-state index is 13.7. The van der Waals surface area contributed by atoms with Crippen LogP contribution in [0.25, 0.3) is 0 Å². The molecule has 94 valence electrons. The molecule has 1 heterocycles. The van der Waals surface area contributed by atoms with E-state index in [-0.39, 0.29) is 11.3 Å². The highest BCUT2D eigenvalue weighted by Crippen LogP contribution is 2.24. The van der Waals surface area contributed by atoms with Crippen LogP contribution in [-0.2, 0) is 0 Å². The molecular formula is C13H11BrF2N2. The van der Waals surface area contributed by atoms with Crippen molar-refractivity contribution in [2.45, 2.75) is 13.8 Å². The number of aromatic nitrogens is 1. The fourth-order valence-corrected chi connectivity index (χ4v) is 1.99. The molecule has 0 radical (unpaired) electrons. The lowest BCUT2D eigenvalue weighted by Gasteiger charge is -2.10. The molecule has 5 heteroatoms. The molecule has 0 saturated heterocycles. The fourth-order valence-electron chi connectivity index (χ4n) is 1.54. The van der Waals surface area contributed by atoms with Gasteiger partial charge in [-0.1, -0.05) is 0 Å². The summed E-state index contributed by atoms with van der Waals surface area (Å²) in [7, 11) is 0. The van der Waals surface area contributed by atoms with E-state index >= 15 is 0 Å². The molecular weight excluding hydrogens is 302 g/mol. The molecule has 1 N–H and O–H groups in total. The van der Waals surface area contributed by atoms with Crippen molar-refractivity contribution in [3.63, 3.8) is 0 Å². The molecule has 0 amide bonds. The number of aryl methyl sites for hydroxylation is 2. The Morgan fingerprint density at radius 1 is 1.06 bits per heavy atom. The number of benzene rings is 1. The van der Waals surface area contributed by atoms with Gasteiger partial charge in [-0.3, -0.25) is 0 Å². The van der Waals surface area contributed by atoms with Gasteiger partial charge in [-0.15, -0.1) is 0 Å². The van der Waals surface area contributed by atoms with Gasteiger partial charge in [-0.05, 0) is 53.0 Å². The standard InChI is InChI=1S/C13H11BrF2N2/c1-7-4-11(16)12(5-10(7)15)18-13-8(2)3-9(14)6-17-13/h3-6H,1-2H3,(H,17,18). The maximum absolute atomic E-state index is 13.7. The zero-order valence-corrected chi connectivity index (χ0v) is 11.5. The van der Waals surface area contributed by atoms with Crippen LogP contribution in [0.3, 0.4) is 0 Å². The third-order valence-electron chi connectivity index (χ3n) is 2.55. The van der Waals surface area contributed by atoms with Crippen LogP contribution in [0.15, 0.2) is 28.9 Å². The van der Waals surface area contributed by atoms with E-state index < -0.39 is 11.6 Å². The Kier molecular flexibility index (Phi) is 3.61. The molecule has 1 aromatic heterocycles. The first-order chi connectivity index (χ1) is 8.47. The summed E-state index contributed by atoms with van der Waals surface area (Å²) in [6.45, 7) is 3.36. The molecule has 18 heavy (non-hydrogen) atoms. The Hall–Kier alpha value is -1.49. The van der Waals surface area contributed by atoms with Crippen molar-refractivity contribution < 1.29 is 8.78 Å². The summed E-state index contributed by atoms with van der Waals surface area (Å²) in [5.74, 6) is -0.452. The van der Waals surface area contributed by atoms with Crippen molar-refractivity contribution in [3.8, 4) is 0 Å². The largest absolute Gasteiger partial charge is 0.338 e. The second-order valence-electron chi connectivity index (χ2n) is 4.03. The van der Waals surface area contributed by atoms with Crippen LogP contribution < -0.4 is 5.32 Å². The van der Waals surface area contributed by atoms with Crippen molar-refractivity contribution in [1.82, 2.24) is 4.98 Å². The molecule has 2 rings (SSSR count). The van der Waals surface area contributed by atoms with Crippen molar-refractivity contribution >= 4 is 27.4 Å². The molecule has 2 nitrogen and oxygen atoms in total. The first-order valence-corrected chi connectivity index (χ1v) is 6.11. The molecule has 0 aliphatic carbocycles. The van der Waals surface area contributed by atoms with E-state index in [1.807, 2.05) is 13.0 Å². The van der Waals surface area contributed by atoms with Gasteiger partial charge in [-0.2, -0.15) is 0 Å². The molecule has 0 atom stereocenters. The summed E-state index contributed by atoms with van der Waals surface area (Å²) in [6.07, 6.45) is 1.60. The summed E-state index contributed by atoms with van der Waals surface area (Å²) >= 11 is 3.29. The van der Waals surface area contributed by atoms with Gasteiger partial charge in [0, 0.05) is 16.7 Å². The summed E-state index contributed by atoms with van der Waals surface area (Å²) in [5.41, 5.74) is 1.19. The highest BCUT2D eigenvalue weighted by molar-refractivity contribution is 9.10. The maximum Gasteiger partial charge on any atom is 0.147 e. The van der Waals surface area contributed by atoms with Gasteiger partial charge in [0.15, 0.2) is 0 Å². The van der Waals surface area contributed by atoms with Gasteiger partial charge >= 0.3 is 0 Å². The van der Waals surface area contributed by atoms with Gasteiger partial charge in [0.2, 0.25) is 0 Å². The Balaban J connectivity index is 2.37. The second-order valence-corrected chi connectivity index (χ2v) is 4.94. The van der Waals surface area contributed by atoms with Gasteiger partial charge in [0.1, 0.15) is 17.5 Å². The van der Waals surface area contributed by atoms with E-state index in [4.69, 9.17) is 0 Å². The highest BCUT2D eigenvalue weighted by Gasteiger charge is 2.09. The molecule has 0 saturated carbocycles. The summed E-state index contributed by atoms with van der Waals surface area (Å²) < 4.78 is 27.9. The first-order valence-electron chi connectivity index (χ1n) is 5.32.